The van der Waals surface area contributed by atoms with E-state index in [2.05, 4.69) is 6.92 Å². The fourth-order valence-electron chi connectivity index (χ4n) is 0.949. The number of hydrogen-bond acceptors (Lipinski definition) is 2. The topological polar surface area (TPSA) is 9.23 Å². The molecule has 0 amide bonds. The molecular weight excluding hydrogens is 192 g/mol. The van der Waals surface area contributed by atoms with Gasteiger partial charge in [0.15, 0.2) is 5.05 Å². The lowest BCUT2D eigenvalue weighted by atomic mass is 10.2. The highest BCUT2D eigenvalue weighted by Gasteiger charge is 1.89. The molecule has 14 heavy (non-hydrogen) atoms. The third kappa shape index (κ3) is 4.19. The van der Waals surface area contributed by atoms with Crippen molar-refractivity contribution in [1.82, 2.24) is 0 Å². The van der Waals surface area contributed by atoms with Crippen molar-refractivity contribution in [3.63, 3.8) is 0 Å². The van der Waals surface area contributed by atoms with Crippen LogP contribution in [0.1, 0.15) is 12.0 Å². The summed E-state index contributed by atoms with van der Waals surface area (Å²) in [6.45, 7) is 4.25. The Kier molecular flexibility index (Phi) is 4.94. The Morgan fingerprint density at radius 2 is 2.07 bits per heavy atom. The van der Waals surface area contributed by atoms with Gasteiger partial charge in [0.1, 0.15) is 0 Å². The number of ether oxygens (including phenoxy) is 1. The summed E-state index contributed by atoms with van der Waals surface area (Å²) in [5.74, 6) is 0. The highest BCUT2D eigenvalue weighted by molar-refractivity contribution is 7.80. The van der Waals surface area contributed by atoms with Crippen LogP contribution in [0.4, 0.5) is 0 Å². The van der Waals surface area contributed by atoms with Crippen molar-refractivity contribution in [1.29, 1.82) is 0 Å². The van der Waals surface area contributed by atoms with E-state index in [1.54, 1.807) is 6.08 Å². The Bertz CT molecular complexity index is 303. The number of hydrogen-bond donors (Lipinski definition) is 0. The zero-order chi connectivity index (χ0) is 10.2. The molecule has 1 aromatic rings. The van der Waals surface area contributed by atoms with E-state index in [0.717, 1.165) is 12.0 Å². The first-order valence-electron chi connectivity index (χ1n) is 4.52. The van der Waals surface area contributed by atoms with Crippen molar-refractivity contribution in [2.24, 2.45) is 0 Å². The van der Waals surface area contributed by atoms with Crippen molar-refractivity contribution < 1.29 is 4.74 Å². The molecule has 0 atom stereocenters. The van der Waals surface area contributed by atoms with Crippen LogP contribution in [0.15, 0.2) is 36.4 Å². The Labute approximate surface area is 90.4 Å². The third-order valence-electron chi connectivity index (χ3n) is 1.60. The van der Waals surface area contributed by atoms with Gasteiger partial charge in [-0.1, -0.05) is 36.4 Å². The summed E-state index contributed by atoms with van der Waals surface area (Å²) < 4.78 is 5.20. The lowest BCUT2D eigenvalue weighted by Crippen LogP contribution is -1.98. The first kappa shape index (κ1) is 10.9. The summed E-state index contributed by atoms with van der Waals surface area (Å²) in [6.07, 6.45) is 4.46. The predicted octanol–water partition coefficient (Wildman–Crippen LogP) is 3.27. The lowest BCUT2D eigenvalue weighted by Gasteiger charge is -2.00. The molecule has 0 unspecified atom stereocenters. The van der Waals surface area contributed by atoms with E-state index in [1.165, 1.54) is 0 Å². The van der Waals surface area contributed by atoms with E-state index in [4.69, 9.17) is 17.0 Å². The maximum atomic E-state index is 5.20. The molecule has 0 saturated carbocycles. The van der Waals surface area contributed by atoms with Crippen LogP contribution in [-0.4, -0.2) is 11.7 Å². The molecule has 0 aliphatic rings. The molecular formula is C12H13OS. The standard InChI is InChI=1S/C12H13OS/c1-2-10-13-12(14)9-8-11-6-4-3-5-7-11/h3-9H,1-2,10H2. The van der Waals surface area contributed by atoms with Crippen molar-refractivity contribution in [3.05, 3.63) is 48.9 Å². The molecule has 0 bridgehead atoms. The summed E-state index contributed by atoms with van der Waals surface area (Å²) >= 11 is 4.98. The SMILES string of the molecule is [CH2]CCOC(=S)C=Cc1ccccc1. The molecule has 0 fully saturated rings. The van der Waals surface area contributed by atoms with Gasteiger partial charge >= 0.3 is 0 Å². The maximum Gasteiger partial charge on any atom is 0.183 e. The van der Waals surface area contributed by atoms with Gasteiger partial charge in [-0.3, -0.25) is 0 Å². The Morgan fingerprint density at radius 3 is 2.71 bits per heavy atom. The molecule has 0 heterocycles. The van der Waals surface area contributed by atoms with Crippen LogP contribution in [0.5, 0.6) is 0 Å². The van der Waals surface area contributed by atoms with Crippen LogP contribution in [0.2, 0.25) is 0 Å². The highest BCUT2D eigenvalue weighted by Crippen LogP contribution is 2.01. The molecule has 0 spiro atoms. The first-order valence-corrected chi connectivity index (χ1v) is 4.93. The fraction of sp³-hybridized carbons (Fsp3) is 0.167. The number of thiocarbonyl (C=S) groups is 1. The summed E-state index contributed by atoms with van der Waals surface area (Å²) in [5, 5.41) is 0.512. The van der Waals surface area contributed by atoms with Gasteiger partial charge in [0.25, 0.3) is 0 Å². The minimum Gasteiger partial charge on any atom is -0.483 e. The van der Waals surface area contributed by atoms with Crippen LogP contribution in [0, 0.1) is 6.92 Å². The monoisotopic (exact) mass is 205 g/mol. The smallest absolute Gasteiger partial charge is 0.183 e. The van der Waals surface area contributed by atoms with Gasteiger partial charge < -0.3 is 4.74 Å². The zero-order valence-electron chi connectivity index (χ0n) is 7.98. The van der Waals surface area contributed by atoms with Gasteiger partial charge in [0.05, 0.1) is 6.61 Å². The van der Waals surface area contributed by atoms with E-state index in [1.807, 2.05) is 36.4 Å². The fourth-order valence-corrected chi connectivity index (χ4v) is 1.10. The van der Waals surface area contributed by atoms with Gasteiger partial charge in [-0.05, 0) is 37.2 Å². The summed E-state index contributed by atoms with van der Waals surface area (Å²) in [7, 11) is 0. The second kappa shape index (κ2) is 6.33. The van der Waals surface area contributed by atoms with Gasteiger partial charge in [-0.25, -0.2) is 0 Å². The summed E-state index contributed by atoms with van der Waals surface area (Å²) in [5.41, 5.74) is 1.12. The molecule has 0 aromatic heterocycles. The third-order valence-corrected chi connectivity index (χ3v) is 1.85. The van der Waals surface area contributed by atoms with Crippen LogP contribution >= 0.6 is 12.2 Å². The van der Waals surface area contributed by atoms with Crippen LogP contribution < -0.4 is 0 Å². The van der Waals surface area contributed by atoms with Crippen molar-refractivity contribution >= 4 is 23.3 Å². The van der Waals surface area contributed by atoms with E-state index < -0.39 is 0 Å². The van der Waals surface area contributed by atoms with Gasteiger partial charge in [0, 0.05) is 0 Å². The summed E-state index contributed by atoms with van der Waals surface area (Å²) in [4.78, 5) is 0. The molecule has 73 valence electrons. The minimum absolute atomic E-state index is 0.512. The largest absolute Gasteiger partial charge is 0.483 e. The van der Waals surface area contributed by atoms with Gasteiger partial charge in [-0.2, -0.15) is 0 Å². The maximum absolute atomic E-state index is 5.20. The van der Waals surface area contributed by atoms with E-state index >= 15 is 0 Å². The molecule has 1 rings (SSSR count). The second-order valence-electron chi connectivity index (χ2n) is 2.77. The average molecular weight is 205 g/mol. The van der Waals surface area contributed by atoms with E-state index in [0.29, 0.717) is 11.7 Å². The molecule has 1 radical (unpaired) electrons. The quantitative estimate of drug-likeness (QED) is 0.551. The molecule has 1 nitrogen and oxygen atoms in total. The normalized spacial score (nSPS) is 10.4. The molecule has 0 N–H and O–H groups in total. The summed E-state index contributed by atoms with van der Waals surface area (Å²) in [6, 6.07) is 9.98. The van der Waals surface area contributed by atoms with Crippen LogP contribution in [0.25, 0.3) is 6.08 Å². The molecule has 0 aliphatic heterocycles. The Balaban J connectivity index is 2.44. The van der Waals surface area contributed by atoms with Crippen molar-refractivity contribution in [3.8, 4) is 0 Å². The molecule has 1 aromatic carbocycles. The lowest BCUT2D eigenvalue weighted by molar-refractivity contribution is 0.322. The first-order chi connectivity index (χ1) is 6.83. The van der Waals surface area contributed by atoms with Crippen LogP contribution in [-0.2, 0) is 4.74 Å². The van der Waals surface area contributed by atoms with Gasteiger partial charge in [-0.15, -0.1) is 0 Å². The molecule has 2 heteroatoms. The Hall–Kier alpha value is -1.15. The Morgan fingerprint density at radius 1 is 1.36 bits per heavy atom. The average Bonchev–Trinajstić information content (AvgIpc) is 2.25. The second-order valence-corrected chi connectivity index (χ2v) is 3.17. The number of benzene rings is 1. The van der Waals surface area contributed by atoms with Gasteiger partial charge in [0.2, 0.25) is 0 Å². The highest BCUT2D eigenvalue weighted by atomic mass is 32.1. The predicted molar refractivity (Wildman–Crippen MR) is 64.0 cm³/mol. The molecule has 0 saturated heterocycles. The van der Waals surface area contributed by atoms with E-state index in [9.17, 15) is 0 Å². The molecule has 0 aliphatic carbocycles. The zero-order valence-corrected chi connectivity index (χ0v) is 8.80. The minimum atomic E-state index is 0.512. The number of rotatable bonds is 4. The van der Waals surface area contributed by atoms with Crippen LogP contribution in [0.3, 0.4) is 0 Å². The van der Waals surface area contributed by atoms with Crippen molar-refractivity contribution in [2.75, 3.05) is 6.61 Å². The van der Waals surface area contributed by atoms with E-state index in [-0.39, 0.29) is 0 Å². The van der Waals surface area contributed by atoms with Crippen molar-refractivity contribution in [2.45, 2.75) is 6.42 Å².